The molecule has 1 saturated heterocycles. The molecule has 0 saturated carbocycles. The van der Waals surface area contributed by atoms with E-state index in [0.717, 1.165) is 36.8 Å². The first-order valence-electron chi connectivity index (χ1n) is 7.99. The van der Waals surface area contributed by atoms with Crippen LogP contribution in [0.4, 0.5) is 0 Å². The highest BCUT2D eigenvalue weighted by Crippen LogP contribution is 2.35. The zero-order chi connectivity index (χ0) is 15.3. The van der Waals surface area contributed by atoms with Crippen LogP contribution in [0.2, 0.25) is 0 Å². The fraction of sp³-hybridized carbons (Fsp3) is 0.867. The molecule has 1 aromatic rings. The Kier molecular flexibility index (Phi) is 6.08. The van der Waals surface area contributed by atoms with E-state index >= 15 is 0 Å². The summed E-state index contributed by atoms with van der Waals surface area (Å²) in [6.45, 7) is 9.99. The van der Waals surface area contributed by atoms with Gasteiger partial charge in [0.05, 0.1) is 5.92 Å². The van der Waals surface area contributed by atoms with Crippen LogP contribution < -0.4 is 5.32 Å². The second-order valence-electron chi connectivity index (χ2n) is 5.40. The van der Waals surface area contributed by atoms with Crippen molar-refractivity contribution in [2.24, 2.45) is 0 Å². The number of hydrogen-bond donors (Lipinski definition) is 1. The molecule has 0 radical (unpaired) electrons. The summed E-state index contributed by atoms with van der Waals surface area (Å²) in [5.74, 6) is 3.92. The van der Waals surface area contributed by atoms with Crippen molar-refractivity contribution in [1.29, 1.82) is 0 Å². The Balaban J connectivity index is 2.20. The van der Waals surface area contributed by atoms with Gasteiger partial charge in [0.25, 0.3) is 0 Å². The first-order chi connectivity index (χ1) is 10.2. The summed E-state index contributed by atoms with van der Waals surface area (Å²) < 4.78 is 11.5. The van der Waals surface area contributed by atoms with Crippen LogP contribution in [-0.2, 0) is 10.3 Å². The van der Waals surface area contributed by atoms with E-state index in [-0.39, 0.29) is 0 Å². The second-order valence-corrected chi connectivity index (χ2v) is 6.47. The predicted octanol–water partition coefficient (Wildman–Crippen LogP) is 2.93. The molecule has 1 aliphatic heterocycles. The lowest BCUT2D eigenvalue weighted by Gasteiger charge is -2.27. The van der Waals surface area contributed by atoms with E-state index in [4.69, 9.17) is 14.2 Å². The molecule has 1 aromatic heterocycles. The first-order valence-corrected chi connectivity index (χ1v) is 9.15. The van der Waals surface area contributed by atoms with Crippen LogP contribution >= 0.6 is 11.8 Å². The van der Waals surface area contributed by atoms with Crippen LogP contribution in [0.25, 0.3) is 0 Å². The Morgan fingerprint density at radius 1 is 1.29 bits per heavy atom. The van der Waals surface area contributed by atoms with Crippen molar-refractivity contribution in [1.82, 2.24) is 15.5 Å². The van der Waals surface area contributed by atoms with Crippen LogP contribution in [-0.4, -0.2) is 40.8 Å². The molecule has 1 aliphatic rings. The molecule has 2 unspecified atom stereocenters. The average molecular weight is 313 g/mol. The molecule has 2 rings (SSSR count). The Morgan fingerprint density at radius 2 is 2.05 bits per heavy atom. The van der Waals surface area contributed by atoms with Crippen molar-refractivity contribution in [3.8, 4) is 0 Å². The molecule has 0 aliphatic carbocycles. The Morgan fingerprint density at radius 3 is 2.67 bits per heavy atom. The van der Waals surface area contributed by atoms with Crippen molar-refractivity contribution < 1.29 is 9.26 Å². The summed E-state index contributed by atoms with van der Waals surface area (Å²) in [5.41, 5.74) is -0.407. The number of nitrogens with one attached hydrogen (secondary N) is 1. The van der Waals surface area contributed by atoms with Gasteiger partial charge in [-0.05, 0) is 26.3 Å². The molecule has 0 amide bonds. The van der Waals surface area contributed by atoms with E-state index in [0.29, 0.717) is 24.4 Å². The zero-order valence-electron chi connectivity index (χ0n) is 13.5. The monoisotopic (exact) mass is 313 g/mol. The molecule has 1 fully saturated rings. The van der Waals surface area contributed by atoms with E-state index in [1.54, 1.807) is 0 Å². The molecule has 6 heteroatoms. The van der Waals surface area contributed by atoms with Gasteiger partial charge in [0.15, 0.2) is 0 Å². The molecule has 0 aromatic carbocycles. The average Bonchev–Trinajstić information content (AvgIpc) is 3.14. The Labute approximate surface area is 131 Å². The second kappa shape index (κ2) is 7.61. The molecule has 120 valence electrons. The summed E-state index contributed by atoms with van der Waals surface area (Å²) in [7, 11) is 0. The number of aromatic nitrogens is 2. The third-order valence-electron chi connectivity index (χ3n) is 4.28. The standard InChI is InChI=1S/C15H27N3O2S/c1-5-15(6-2,19-8-4)14-17-13(20-18-14)11-9-21-10-12(11)16-7-3/h11-12,16H,5-10H2,1-4H3. The van der Waals surface area contributed by atoms with Gasteiger partial charge in [0.1, 0.15) is 5.60 Å². The molecular formula is C15H27N3O2S. The largest absolute Gasteiger partial charge is 0.367 e. The third kappa shape index (κ3) is 3.43. The molecule has 1 N–H and O–H groups in total. The predicted molar refractivity (Wildman–Crippen MR) is 85.7 cm³/mol. The quantitative estimate of drug-likeness (QED) is 0.796. The van der Waals surface area contributed by atoms with E-state index in [1.807, 2.05) is 18.7 Å². The minimum Gasteiger partial charge on any atom is -0.367 e. The lowest BCUT2D eigenvalue weighted by molar-refractivity contribution is -0.0583. The van der Waals surface area contributed by atoms with Crippen molar-refractivity contribution in [2.75, 3.05) is 24.7 Å². The van der Waals surface area contributed by atoms with E-state index in [2.05, 4.69) is 31.2 Å². The number of hydrogen-bond acceptors (Lipinski definition) is 6. The van der Waals surface area contributed by atoms with Gasteiger partial charge in [-0.25, -0.2) is 0 Å². The molecule has 2 heterocycles. The fourth-order valence-electron chi connectivity index (χ4n) is 2.94. The van der Waals surface area contributed by atoms with Gasteiger partial charge >= 0.3 is 0 Å². The summed E-state index contributed by atoms with van der Waals surface area (Å²) in [6.07, 6.45) is 1.71. The number of ether oxygens (including phenoxy) is 1. The molecule has 0 bridgehead atoms. The summed E-state index contributed by atoms with van der Waals surface area (Å²) in [4.78, 5) is 4.70. The van der Waals surface area contributed by atoms with Gasteiger partial charge in [0.2, 0.25) is 11.7 Å². The van der Waals surface area contributed by atoms with Crippen molar-refractivity contribution >= 4 is 11.8 Å². The maximum Gasteiger partial charge on any atom is 0.232 e. The topological polar surface area (TPSA) is 60.2 Å². The van der Waals surface area contributed by atoms with Crippen LogP contribution in [0.5, 0.6) is 0 Å². The minimum atomic E-state index is -0.407. The van der Waals surface area contributed by atoms with Gasteiger partial charge in [-0.3, -0.25) is 0 Å². The van der Waals surface area contributed by atoms with Gasteiger partial charge in [-0.15, -0.1) is 0 Å². The number of thioether (sulfide) groups is 1. The summed E-state index contributed by atoms with van der Waals surface area (Å²) in [5, 5.41) is 7.75. The number of nitrogens with zero attached hydrogens (tertiary/aromatic N) is 2. The maximum absolute atomic E-state index is 5.96. The van der Waals surface area contributed by atoms with Crippen molar-refractivity contribution in [3.63, 3.8) is 0 Å². The van der Waals surface area contributed by atoms with E-state index in [9.17, 15) is 0 Å². The summed E-state index contributed by atoms with van der Waals surface area (Å²) in [6, 6.07) is 0.429. The Hall–Kier alpha value is -0.590. The van der Waals surface area contributed by atoms with Crippen molar-refractivity contribution in [2.45, 2.75) is 58.1 Å². The van der Waals surface area contributed by atoms with Crippen LogP contribution in [0.3, 0.4) is 0 Å². The normalized spacial score (nSPS) is 22.9. The van der Waals surface area contributed by atoms with Crippen molar-refractivity contribution in [3.05, 3.63) is 11.7 Å². The minimum absolute atomic E-state index is 0.309. The zero-order valence-corrected chi connectivity index (χ0v) is 14.3. The smallest absolute Gasteiger partial charge is 0.232 e. The molecule has 0 spiro atoms. The van der Waals surface area contributed by atoms with Gasteiger partial charge < -0.3 is 14.6 Å². The third-order valence-corrected chi connectivity index (χ3v) is 5.47. The lowest BCUT2D eigenvalue weighted by atomic mass is 9.96. The van der Waals surface area contributed by atoms with Crippen LogP contribution in [0.15, 0.2) is 4.52 Å². The maximum atomic E-state index is 5.96. The number of likely N-dealkylation sites (N-methyl/N-ethyl adjacent to an activating group) is 1. The summed E-state index contributed by atoms with van der Waals surface area (Å²) >= 11 is 1.94. The molecular weight excluding hydrogens is 286 g/mol. The van der Waals surface area contributed by atoms with Crippen LogP contribution in [0.1, 0.15) is 58.2 Å². The van der Waals surface area contributed by atoms with E-state index < -0.39 is 5.60 Å². The molecule has 2 atom stereocenters. The van der Waals surface area contributed by atoms with Gasteiger partial charge in [-0.1, -0.05) is 25.9 Å². The number of rotatable bonds is 8. The van der Waals surface area contributed by atoms with Gasteiger partial charge in [0, 0.05) is 24.2 Å². The fourth-order valence-corrected chi connectivity index (χ4v) is 4.31. The first kappa shape index (κ1) is 16.8. The lowest BCUT2D eigenvalue weighted by Crippen LogP contribution is -2.34. The highest BCUT2D eigenvalue weighted by molar-refractivity contribution is 7.99. The Bertz CT molecular complexity index is 434. The van der Waals surface area contributed by atoms with Crippen LogP contribution in [0, 0.1) is 0 Å². The highest BCUT2D eigenvalue weighted by Gasteiger charge is 2.38. The van der Waals surface area contributed by atoms with Gasteiger partial charge in [-0.2, -0.15) is 16.7 Å². The molecule has 5 nitrogen and oxygen atoms in total. The van der Waals surface area contributed by atoms with E-state index in [1.165, 1.54) is 0 Å². The SMILES string of the molecule is CCNC1CSCC1c1nc(C(CC)(CC)OCC)no1. The highest BCUT2D eigenvalue weighted by atomic mass is 32.2. The molecule has 21 heavy (non-hydrogen) atoms.